The summed E-state index contributed by atoms with van der Waals surface area (Å²) in [5.74, 6) is -0.562. The largest absolute Gasteiger partial charge is 0.444 e. The van der Waals surface area contributed by atoms with Crippen LogP contribution in [0.3, 0.4) is 0 Å². The molecule has 0 saturated carbocycles. The second kappa shape index (κ2) is 8.66. The van der Waals surface area contributed by atoms with Crippen molar-refractivity contribution >= 4 is 29.5 Å². The highest BCUT2D eigenvalue weighted by Gasteiger charge is 2.28. The summed E-state index contributed by atoms with van der Waals surface area (Å²) in [7, 11) is 0. The van der Waals surface area contributed by atoms with Crippen LogP contribution in [0, 0.1) is 0 Å². The number of nitrogens with zero attached hydrogens (tertiary/aromatic N) is 1. The minimum absolute atomic E-state index is 0.109. The lowest BCUT2D eigenvalue weighted by Gasteiger charge is -2.19. The number of likely N-dealkylation sites (tertiary alicyclic amines) is 1. The number of alkyl carbamates (subject to hydrolysis) is 1. The summed E-state index contributed by atoms with van der Waals surface area (Å²) < 4.78 is 5.09. The van der Waals surface area contributed by atoms with Gasteiger partial charge < -0.3 is 15.4 Å². The number of nitrogens with one attached hydrogen (secondary N) is 2. The quantitative estimate of drug-likeness (QED) is 0.742. The summed E-state index contributed by atoms with van der Waals surface area (Å²) in [5.41, 5.74) is 0.821. The van der Waals surface area contributed by atoms with Gasteiger partial charge in [0.15, 0.2) is 0 Å². The molecule has 146 valence electrons. The normalized spacial score (nSPS) is 14.3. The maximum Gasteiger partial charge on any atom is 0.407 e. The van der Waals surface area contributed by atoms with Crippen molar-refractivity contribution in [3.63, 3.8) is 0 Å². The van der Waals surface area contributed by atoms with Crippen molar-refractivity contribution in [3.05, 3.63) is 29.8 Å². The first-order chi connectivity index (χ1) is 12.6. The van der Waals surface area contributed by atoms with Crippen molar-refractivity contribution in [3.8, 4) is 0 Å². The van der Waals surface area contributed by atoms with Crippen molar-refractivity contribution in [2.24, 2.45) is 0 Å². The highest BCUT2D eigenvalue weighted by molar-refractivity contribution is 6.01. The highest BCUT2D eigenvalue weighted by Crippen LogP contribution is 2.17. The van der Waals surface area contributed by atoms with Gasteiger partial charge in [-0.3, -0.25) is 19.3 Å². The first-order valence-electron chi connectivity index (χ1n) is 8.83. The van der Waals surface area contributed by atoms with Gasteiger partial charge in [-0.1, -0.05) is 12.1 Å². The van der Waals surface area contributed by atoms with E-state index in [1.807, 2.05) is 0 Å². The Hall–Kier alpha value is -2.90. The number of amides is 4. The van der Waals surface area contributed by atoms with E-state index in [9.17, 15) is 19.2 Å². The molecule has 1 aliphatic heterocycles. The Bertz CT molecular complexity index is 706. The predicted molar refractivity (Wildman–Crippen MR) is 98.7 cm³/mol. The Morgan fingerprint density at radius 2 is 1.67 bits per heavy atom. The van der Waals surface area contributed by atoms with Crippen LogP contribution in [0.25, 0.3) is 0 Å². The molecule has 0 atom stereocenters. The lowest BCUT2D eigenvalue weighted by Crippen LogP contribution is -2.34. The molecule has 1 saturated heterocycles. The van der Waals surface area contributed by atoms with Crippen LogP contribution in [-0.2, 0) is 25.7 Å². The fourth-order valence-corrected chi connectivity index (χ4v) is 2.49. The van der Waals surface area contributed by atoms with Crippen LogP contribution in [0.15, 0.2) is 24.3 Å². The van der Waals surface area contributed by atoms with Crippen molar-refractivity contribution in [1.82, 2.24) is 10.2 Å². The van der Waals surface area contributed by atoms with Crippen LogP contribution in [-0.4, -0.2) is 40.9 Å². The van der Waals surface area contributed by atoms with Crippen LogP contribution < -0.4 is 10.6 Å². The van der Waals surface area contributed by atoms with E-state index in [4.69, 9.17) is 4.74 Å². The van der Waals surface area contributed by atoms with Gasteiger partial charge in [-0.2, -0.15) is 0 Å². The second-order valence-electron chi connectivity index (χ2n) is 7.30. The maximum absolute atomic E-state index is 11.9. The van der Waals surface area contributed by atoms with Crippen LogP contribution in [0.2, 0.25) is 0 Å². The average molecular weight is 375 g/mol. The molecule has 0 bridgehead atoms. The Labute approximate surface area is 158 Å². The number of hydrogen-bond acceptors (Lipinski definition) is 5. The predicted octanol–water partition coefficient (Wildman–Crippen LogP) is 2.19. The lowest BCUT2D eigenvalue weighted by atomic mass is 10.2. The fraction of sp³-hybridized carbons (Fsp3) is 0.474. The highest BCUT2D eigenvalue weighted by atomic mass is 16.6. The van der Waals surface area contributed by atoms with E-state index in [2.05, 4.69) is 10.6 Å². The van der Waals surface area contributed by atoms with Crippen LogP contribution in [0.1, 0.15) is 45.6 Å². The number of anilines is 1. The van der Waals surface area contributed by atoms with Gasteiger partial charge in [0.2, 0.25) is 17.7 Å². The van der Waals surface area contributed by atoms with E-state index >= 15 is 0 Å². The summed E-state index contributed by atoms with van der Waals surface area (Å²) in [6, 6.07) is 6.93. The summed E-state index contributed by atoms with van der Waals surface area (Å²) in [6.45, 7) is 5.69. The van der Waals surface area contributed by atoms with Gasteiger partial charge in [-0.25, -0.2) is 4.79 Å². The number of imide groups is 1. The molecule has 1 fully saturated rings. The molecule has 0 aromatic heterocycles. The number of hydrogen-bond donors (Lipinski definition) is 2. The summed E-state index contributed by atoms with van der Waals surface area (Å²) in [5, 5.41) is 5.25. The third-order valence-electron chi connectivity index (χ3n) is 3.75. The molecule has 2 N–H and O–H groups in total. The first-order valence-corrected chi connectivity index (χ1v) is 8.83. The van der Waals surface area contributed by atoms with Gasteiger partial charge in [0.25, 0.3) is 0 Å². The molecule has 1 heterocycles. The van der Waals surface area contributed by atoms with E-state index in [0.29, 0.717) is 5.69 Å². The Balaban J connectivity index is 1.75. The minimum atomic E-state index is -0.585. The molecule has 0 unspecified atom stereocenters. The van der Waals surface area contributed by atoms with E-state index in [1.54, 1.807) is 45.0 Å². The molecule has 4 amide bonds. The van der Waals surface area contributed by atoms with Crippen LogP contribution in [0.5, 0.6) is 0 Å². The van der Waals surface area contributed by atoms with Crippen LogP contribution in [0.4, 0.5) is 10.5 Å². The standard InChI is InChI=1S/C19H25N3O5/c1-19(2,3)27-18(26)20-11-10-15(23)21-14-6-4-13(5-7-14)12-22-16(24)8-9-17(22)25/h4-7H,8-12H2,1-3H3,(H,20,26)(H,21,23). The Kier molecular flexibility index (Phi) is 6.55. The first kappa shape index (κ1) is 20.4. The smallest absolute Gasteiger partial charge is 0.407 e. The number of carbonyl (C=O) groups is 4. The van der Waals surface area contributed by atoms with E-state index in [0.717, 1.165) is 5.56 Å². The molecule has 27 heavy (non-hydrogen) atoms. The fourth-order valence-electron chi connectivity index (χ4n) is 2.49. The molecular formula is C19H25N3O5. The van der Waals surface area contributed by atoms with Gasteiger partial charge in [0.1, 0.15) is 5.60 Å². The van der Waals surface area contributed by atoms with Gasteiger partial charge >= 0.3 is 6.09 Å². The maximum atomic E-state index is 11.9. The molecule has 8 nitrogen and oxygen atoms in total. The SMILES string of the molecule is CC(C)(C)OC(=O)NCCC(=O)Nc1ccc(CN2C(=O)CCC2=O)cc1. The number of benzene rings is 1. The van der Waals surface area contributed by atoms with Gasteiger partial charge in [0, 0.05) is 31.5 Å². The van der Waals surface area contributed by atoms with Crippen molar-refractivity contribution in [1.29, 1.82) is 0 Å². The molecule has 0 aliphatic carbocycles. The minimum Gasteiger partial charge on any atom is -0.444 e. The van der Waals surface area contributed by atoms with Gasteiger partial charge in [-0.15, -0.1) is 0 Å². The average Bonchev–Trinajstić information content (AvgIpc) is 2.87. The zero-order valence-corrected chi connectivity index (χ0v) is 15.8. The third kappa shape index (κ3) is 6.73. The molecule has 1 aromatic carbocycles. The lowest BCUT2D eigenvalue weighted by molar-refractivity contribution is -0.139. The van der Waals surface area contributed by atoms with Gasteiger partial charge in [-0.05, 0) is 38.5 Å². The Morgan fingerprint density at radius 1 is 1.07 bits per heavy atom. The topological polar surface area (TPSA) is 105 Å². The van der Waals surface area contributed by atoms with Crippen molar-refractivity contribution in [2.45, 2.75) is 52.2 Å². The molecule has 0 spiro atoms. The third-order valence-corrected chi connectivity index (χ3v) is 3.75. The van der Waals surface area contributed by atoms with Crippen molar-refractivity contribution < 1.29 is 23.9 Å². The molecule has 0 radical (unpaired) electrons. The van der Waals surface area contributed by atoms with E-state index in [-0.39, 0.29) is 50.1 Å². The molecular weight excluding hydrogens is 350 g/mol. The second-order valence-corrected chi connectivity index (χ2v) is 7.30. The number of carbonyl (C=O) groups excluding carboxylic acids is 4. The van der Waals surface area contributed by atoms with Crippen molar-refractivity contribution in [2.75, 3.05) is 11.9 Å². The molecule has 1 aliphatic rings. The Morgan fingerprint density at radius 3 is 2.22 bits per heavy atom. The molecule has 8 heteroatoms. The van der Waals surface area contributed by atoms with E-state index < -0.39 is 11.7 Å². The molecule has 2 rings (SSSR count). The summed E-state index contributed by atoms with van der Waals surface area (Å²) >= 11 is 0. The monoisotopic (exact) mass is 375 g/mol. The van der Waals surface area contributed by atoms with Gasteiger partial charge in [0.05, 0.1) is 6.54 Å². The molecule has 1 aromatic rings. The number of ether oxygens (including phenoxy) is 1. The zero-order chi connectivity index (χ0) is 20.0. The summed E-state index contributed by atoms with van der Waals surface area (Å²) in [4.78, 5) is 48.0. The van der Waals surface area contributed by atoms with E-state index in [1.165, 1.54) is 4.90 Å². The van der Waals surface area contributed by atoms with Crippen LogP contribution >= 0.6 is 0 Å². The zero-order valence-electron chi connectivity index (χ0n) is 15.8. The number of rotatable bonds is 6. The summed E-state index contributed by atoms with van der Waals surface area (Å²) in [6.07, 6.45) is 0.0810.